The van der Waals surface area contributed by atoms with Gasteiger partial charge in [-0.3, -0.25) is 0 Å². The molecule has 3 atom stereocenters. The first-order valence-electron chi connectivity index (χ1n) is 8.45. The normalized spacial score (nSPS) is 45.2. The summed E-state index contributed by atoms with van der Waals surface area (Å²) in [6, 6.07) is 0. The smallest absolute Gasteiger partial charge is 0.0676 e. The first kappa shape index (κ1) is 15.4. The van der Waals surface area contributed by atoms with Crippen molar-refractivity contribution in [1.29, 1.82) is 0 Å². The molecule has 0 aromatic heterocycles. The topological polar surface area (TPSA) is 20.2 Å². The van der Waals surface area contributed by atoms with Gasteiger partial charge in [-0.1, -0.05) is 41.0 Å². The fourth-order valence-corrected chi connectivity index (χ4v) is 4.43. The molecule has 19 heavy (non-hydrogen) atoms. The second kappa shape index (κ2) is 5.39. The lowest BCUT2D eigenvalue weighted by Crippen LogP contribution is -2.45. The van der Waals surface area contributed by atoms with E-state index < -0.39 is 0 Å². The van der Waals surface area contributed by atoms with Crippen LogP contribution < -0.4 is 0 Å². The van der Waals surface area contributed by atoms with Crippen LogP contribution in [0, 0.1) is 29.1 Å². The van der Waals surface area contributed by atoms with Gasteiger partial charge < -0.3 is 5.11 Å². The van der Waals surface area contributed by atoms with Crippen molar-refractivity contribution in [2.24, 2.45) is 29.1 Å². The molecule has 2 rings (SSSR count). The lowest BCUT2D eigenvalue weighted by atomic mass is 9.61. The number of hydrogen-bond acceptors (Lipinski definition) is 1. The Hall–Kier alpha value is -0.0400. The van der Waals surface area contributed by atoms with Gasteiger partial charge >= 0.3 is 0 Å². The first-order chi connectivity index (χ1) is 8.72. The van der Waals surface area contributed by atoms with Crippen LogP contribution in [0.4, 0.5) is 0 Å². The molecule has 112 valence electrons. The van der Waals surface area contributed by atoms with Crippen molar-refractivity contribution in [1.82, 2.24) is 0 Å². The summed E-state index contributed by atoms with van der Waals surface area (Å²) in [5.41, 5.74) is 0.0752. The third kappa shape index (κ3) is 3.35. The molecule has 2 aliphatic rings. The first-order valence-corrected chi connectivity index (χ1v) is 8.45. The number of aliphatic hydroxyl groups is 1. The molecule has 0 aliphatic heterocycles. The highest BCUT2D eigenvalue weighted by molar-refractivity contribution is 4.95. The van der Waals surface area contributed by atoms with Crippen LogP contribution in [0.25, 0.3) is 0 Å². The molecule has 1 heteroatoms. The van der Waals surface area contributed by atoms with Crippen LogP contribution in [-0.4, -0.2) is 10.7 Å². The van der Waals surface area contributed by atoms with Gasteiger partial charge in [-0.25, -0.2) is 0 Å². The molecule has 2 saturated carbocycles. The van der Waals surface area contributed by atoms with Gasteiger partial charge in [-0.05, 0) is 67.6 Å². The molecule has 2 aliphatic carbocycles. The summed E-state index contributed by atoms with van der Waals surface area (Å²) in [4.78, 5) is 0. The van der Waals surface area contributed by atoms with Crippen LogP contribution in [-0.2, 0) is 0 Å². The van der Waals surface area contributed by atoms with Gasteiger partial charge in [0.2, 0.25) is 0 Å². The SMILES string of the molecule is CC1CCC(C2(O)CCC(C(C)(C)C)CC2)CC1C. The fourth-order valence-electron chi connectivity index (χ4n) is 4.43. The molecule has 0 radical (unpaired) electrons. The Morgan fingerprint density at radius 1 is 0.895 bits per heavy atom. The van der Waals surface area contributed by atoms with Gasteiger partial charge in [-0.2, -0.15) is 0 Å². The van der Waals surface area contributed by atoms with Crippen molar-refractivity contribution in [3.05, 3.63) is 0 Å². The van der Waals surface area contributed by atoms with Crippen LogP contribution in [0.2, 0.25) is 0 Å². The van der Waals surface area contributed by atoms with E-state index in [9.17, 15) is 5.11 Å². The highest BCUT2D eigenvalue weighted by Crippen LogP contribution is 2.48. The maximum atomic E-state index is 11.1. The van der Waals surface area contributed by atoms with Crippen molar-refractivity contribution in [3.8, 4) is 0 Å². The average molecular weight is 266 g/mol. The van der Waals surface area contributed by atoms with Crippen molar-refractivity contribution in [3.63, 3.8) is 0 Å². The Kier molecular flexibility index (Phi) is 4.35. The summed E-state index contributed by atoms with van der Waals surface area (Å²) in [7, 11) is 0. The zero-order valence-corrected chi connectivity index (χ0v) is 13.7. The van der Waals surface area contributed by atoms with E-state index in [1.54, 1.807) is 0 Å². The van der Waals surface area contributed by atoms with Gasteiger partial charge in [0.05, 0.1) is 5.60 Å². The lowest BCUT2D eigenvalue weighted by Gasteiger charge is -2.47. The highest BCUT2D eigenvalue weighted by atomic mass is 16.3. The van der Waals surface area contributed by atoms with Crippen LogP contribution >= 0.6 is 0 Å². The molecule has 1 N–H and O–H groups in total. The lowest BCUT2D eigenvalue weighted by molar-refractivity contribution is -0.0892. The zero-order chi connectivity index (χ0) is 14.3. The van der Waals surface area contributed by atoms with Crippen LogP contribution in [0.1, 0.15) is 79.6 Å². The van der Waals surface area contributed by atoms with Gasteiger partial charge in [-0.15, -0.1) is 0 Å². The summed E-state index contributed by atoms with van der Waals surface area (Å²) in [5.74, 6) is 3.02. The molecular formula is C18H34O. The molecule has 0 bridgehead atoms. The largest absolute Gasteiger partial charge is 0.390 e. The maximum Gasteiger partial charge on any atom is 0.0676 e. The van der Waals surface area contributed by atoms with E-state index in [2.05, 4.69) is 34.6 Å². The minimum Gasteiger partial charge on any atom is -0.390 e. The van der Waals surface area contributed by atoms with Crippen LogP contribution in [0.3, 0.4) is 0 Å². The third-order valence-electron chi connectivity index (χ3n) is 6.43. The highest BCUT2D eigenvalue weighted by Gasteiger charge is 2.44. The van der Waals surface area contributed by atoms with Crippen LogP contribution in [0.15, 0.2) is 0 Å². The summed E-state index contributed by atoms with van der Waals surface area (Å²) < 4.78 is 0. The van der Waals surface area contributed by atoms with Gasteiger partial charge in [0.25, 0.3) is 0 Å². The Labute approximate surface area is 120 Å². The monoisotopic (exact) mass is 266 g/mol. The van der Waals surface area contributed by atoms with Gasteiger partial charge in [0.15, 0.2) is 0 Å². The molecule has 0 heterocycles. The maximum absolute atomic E-state index is 11.1. The van der Waals surface area contributed by atoms with Gasteiger partial charge in [0.1, 0.15) is 0 Å². The van der Waals surface area contributed by atoms with E-state index in [1.807, 2.05) is 0 Å². The average Bonchev–Trinajstić information content (AvgIpc) is 2.32. The van der Waals surface area contributed by atoms with Crippen LogP contribution in [0.5, 0.6) is 0 Å². The zero-order valence-electron chi connectivity index (χ0n) is 13.7. The minimum absolute atomic E-state index is 0.337. The Balaban J connectivity index is 1.95. The number of hydrogen-bond donors (Lipinski definition) is 1. The number of rotatable bonds is 1. The quantitative estimate of drug-likeness (QED) is 0.706. The van der Waals surface area contributed by atoms with Crippen molar-refractivity contribution in [2.45, 2.75) is 85.2 Å². The summed E-state index contributed by atoms with van der Waals surface area (Å²) in [6.07, 6.45) is 8.35. The molecule has 0 saturated heterocycles. The second-order valence-corrected chi connectivity index (χ2v) is 8.71. The summed E-state index contributed by atoms with van der Waals surface area (Å²) >= 11 is 0. The van der Waals surface area contributed by atoms with E-state index >= 15 is 0 Å². The van der Waals surface area contributed by atoms with Crippen molar-refractivity contribution < 1.29 is 5.11 Å². The molecule has 3 unspecified atom stereocenters. The van der Waals surface area contributed by atoms with E-state index in [-0.39, 0.29) is 5.60 Å². The Morgan fingerprint density at radius 2 is 1.47 bits per heavy atom. The van der Waals surface area contributed by atoms with Crippen molar-refractivity contribution >= 4 is 0 Å². The van der Waals surface area contributed by atoms with Gasteiger partial charge in [0, 0.05) is 0 Å². The molecule has 0 aromatic carbocycles. The molecule has 1 nitrogen and oxygen atoms in total. The fraction of sp³-hybridized carbons (Fsp3) is 1.00. The predicted molar refractivity (Wildman–Crippen MR) is 82.0 cm³/mol. The van der Waals surface area contributed by atoms with E-state index in [0.29, 0.717) is 11.3 Å². The van der Waals surface area contributed by atoms with E-state index in [1.165, 1.54) is 32.1 Å². The standard InChI is InChI=1S/C18H34O/c1-13-6-7-16(12-14(13)2)18(19)10-8-15(9-11-18)17(3,4)5/h13-16,19H,6-12H2,1-5H3. The molecule has 0 aromatic rings. The molecule has 2 fully saturated rings. The van der Waals surface area contributed by atoms with E-state index in [4.69, 9.17) is 0 Å². The Bertz CT molecular complexity index is 293. The second-order valence-electron chi connectivity index (χ2n) is 8.71. The van der Waals surface area contributed by atoms with Crippen molar-refractivity contribution in [2.75, 3.05) is 0 Å². The summed E-state index contributed by atoms with van der Waals surface area (Å²) in [5, 5.41) is 11.1. The Morgan fingerprint density at radius 3 is 1.95 bits per heavy atom. The molecule has 0 amide bonds. The third-order valence-corrected chi connectivity index (χ3v) is 6.43. The molecular weight excluding hydrogens is 232 g/mol. The summed E-state index contributed by atoms with van der Waals surface area (Å²) in [6.45, 7) is 11.8. The predicted octanol–water partition coefficient (Wildman–Crippen LogP) is 5.03. The minimum atomic E-state index is -0.337. The van der Waals surface area contributed by atoms with E-state index in [0.717, 1.165) is 30.6 Å². The molecule has 0 spiro atoms.